The number of aryl methyl sites for hydroxylation is 1. The Kier molecular flexibility index (Phi) is 5.88. The summed E-state index contributed by atoms with van der Waals surface area (Å²) in [4.78, 5) is 0. The molecule has 8 nitrogen and oxygen atoms in total. The average molecular weight is 293 g/mol. The maximum absolute atomic E-state index is 12.0. The van der Waals surface area contributed by atoms with Crippen molar-refractivity contribution in [1.29, 1.82) is 0 Å². The lowest BCUT2D eigenvalue weighted by Gasteiger charge is -2.14. The van der Waals surface area contributed by atoms with E-state index in [0.29, 0.717) is 5.69 Å². The van der Waals surface area contributed by atoms with Crippen molar-refractivity contribution in [2.75, 3.05) is 27.4 Å². The van der Waals surface area contributed by atoms with E-state index in [4.69, 9.17) is 14.6 Å². The maximum Gasteiger partial charge on any atom is 0.260 e. The molecule has 1 heterocycles. The first-order valence-corrected chi connectivity index (χ1v) is 7.10. The van der Waals surface area contributed by atoms with E-state index in [1.54, 1.807) is 6.92 Å². The lowest BCUT2D eigenvalue weighted by Crippen LogP contribution is -2.36. The van der Waals surface area contributed by atoms with Gasteiger partial charge in [-0.05, 0) is 6.92 Å². The summed E-state index contributed by atoms with van der Waals surface area (Å²) in [5.41, 5.74) is 0.774. The fourth-order valence-electron chi connectivity index (χ4n) is 1.51. The Morgan fingerprint density at radius 2 is 2.16 bits per heavy atom. The summed E-state index contributed by atoms with van der Waals surface area (Å²) < 4.78 is 36.4. The molecule has 1 aromatic rings. The van der Waals surface area contributed by atoms with E-state index in [1.807, 2.05) is 0 Å². The molecule has 9 heteroatoms. The minimum Gasteiger partial charge on any atom is -0.392 e. The van der Waals surface area contributed by atoms with Gasteiger partial charge in [0.15, 0.2) is 5.03 Å². The zero-order valence-corrected chi connectivity index (χ0v) is 12.0. The Bertz CT molecular complexity index is 499. The van der Waals surface area contributed by atoms with Crippen LogP contribution < -0.4 is 4.72 Å². The van der Waals surface area contributed by atoms with Crippen LogP contribution in [0.25, 0.3) is 0 Å². The molecule has 0 aliphatic heterocycles. The Labute approximate surface area is 112 Å². The van der Waals surface area contributed by atoms with Crippen molar-refractivity contribution in [3.63, 3.8) is 0 Å². The van der Waals surface area contributed by atoms with Crippen molar-refractivity contribution < 1.29 is 23.0 Å². The molecule has 0 fully saturated rings. The summed E-state index contributed by atoms with van der Waals surface area (Å²) in [5, 5.41) is 15.2. The maximum atomic E-state index is 12.0. The number of nitrogens with zero attached hydrogens (tertiary/aromatic N) is 1. The second-order valence-electron chi connectivity index (χ2n) is 3.96. The lowest BCUT2D eigenvalue weighted by molar-refractivity contribution is 0.0320. The lowest BCUT2D eigenvalue weighted by atomic mass is 10.3. The third-order valence-electron chi connectivity index (χ3n) is 2.64. The summed E-state index contributed by atoms with van der Waals surface area (Å²) in [6, 6.07) is 0. The standard InChI is InChI=1S/C10H19N3O5S/c1-7-9(5-14)10(13-12-7)19(15,16)11-4-8(18-3)6-17-2/h8,11,14H,4-6H2,1-3H3,(H,12,13). The zero-order valence-electron chi connectivity index (χ0n) is 11.1. The molecule has 110 valence electrons. The Hall–Kier alpha value is -1.00. The highest BCUT2D eigenvalue weighted by atomic mass is 32.2. The highest BCUT2D eigenvalue weighted by Crippen LogP contribution is 2.15. The summed E-state index contributed by atoms with van der Waals surface area (Å²) >= 11 is 0. The zero-order chi connectivity index (χ0) is 14.5. The number of methoxy groups -OCH3 is 2. The van der Waals surface area contributed by atoms with Gasteiger partial charge in [-0.3, -0.25) is 5.10 Å². The number of H-pyrrole nitrogens is 1. The Morgan fingerprint density at radius 3 is 2.68 bits per heavy atom. The number of sulfonamides is 1. The molecule has 0 amide bonds. The molecule has 19 heavy (non-hydrogen) atoms. The molecular weight excluding hydrogens is 274 g/mol. The number of aromatic nitrogens is 2. The molecule has 0 saturated carbocycles. The topological polar surface area (TPSA) is 114 Å². The molecule has 0 spiro atoms. The van der Waals surface area contributed by atoms with Gasteiger partial charge in [-0.1, -0.05) is 0 Å². The molecule has 1 atom stereocenters. The van der Waals surface area contributed by atoms with Crippen LogP contribution in [0, 0.1) is 6.92 Å². The van der Waals surface area contributed by atoms with E-state index < -0.39 is 22.7 Å². The number of aliphatic hydroxyl groups is 1. The third kappa shape index (κ3) is 3.98. The number of hydrogen-bond acceptors (Lipinski definition) is 6. The summed E-state index contributed by atoms with van der Waals surface area (Å²) in [6.45, 7) is 1.57. The van der Waals surface area contributed by atoms with Crippen molar-refractivity contribution in [2.45, 2.75) is 24.7 Å². The first-order valence-electron chi connectivity index (χ1n) is 5.62. The number of aromatic amines is 1. The number of aliphatic hydroxyl groups excluding tert-OH is 1. The molecule has 0 aliphatic carbocycles. The van der Waals surface area contributed by atoms with Gasteiger partial charge in [0.1, 0.15) is 0 Å². The van der Waals surface area contributed by atoms with Crippen molar-refractivity contribution in [3.05, 3.63) is 11.3 Å². The van der Waals surface area contributed by atoms with Crippen LogP contribution in [-0.2, 0) is 26.1 Å². The molecule has 0 bridgehead atoms. The number of hydrogen-bond donors (Lipinski definition) is 3. The minimum absolute atomic E-state index is 0.0590. The number of nitrogens with one attached hydrogen (secondary N) is 2. The van der Waals surface area contributed by atoms with Gasteiger partial charge in [0.05, 0.1) is 19.3 Å². The molecular formula is C10H19N3O5S. The van der Waals surface area contributed by atoms with Crippen LogP contribution in [0.5, 0.6) is 0 Å². The minimum atomic E-state index is -3.79. The fourth-order valence-corrected chi connectivity index (χ4v) is 2.76. The second-order valence-corrected chi connectivity index (χ2v) is 5.64. The SMILES string of the molecule is COCC(CNS(=O)(=O)c1n[nH]c(C)c1CO)OC. The van der Waals surface area contributed by atoms with Gasteiger partial charge in [0.2, 0.25) is 0 Å². The molecule has 1 rings (SSSR count). The van der Waals surface area contributed by atoms with Crippen LogP contribution in [0.15, 0.2) is 5.03 Å². The van der Waals surface area contributed by atoms with Crippen LogP contribution in [-0.4, -0.2) is 57.2 Å². The van der Waals surface area contributed by atoms with Crippen LogP contribution in [0.3, 0.4) is 0 Å². The highest BCUT2D eigenvalue weighted by Gasteiger charge is 2.24. The highest BCUT2D eigenvalue weighted by molar-refractivity contribution is 7.89. The summed E-state index contributed by atoms with van der Waals surface area (Å²) in [7, 11) is -0.824. The summed E-state index contributed by atoms with van der Waals surface area (Å²) in [5.74, 6) is 0. The average Bonchev–Trinajstić information content (AvgIpc) is 2.76. The van der Waals surface area contributed by atoms with E-state index in [1.165, 1.54) is 14.2 Å². The van der Waals surface area contributed by atoms with Crippen LogP contribution in [0.1, 0.15) is 11.3 Å². The van der Waals surface area contributed by atoms with Gasteiger partial charge in [0.25, 0.3) is 10.0 Å². The second kappa shape index (κ2) is 6.96. The molecule has 1 aromatic heterocycles. The van der Waals surface area contributed by atoms with Crippen molar-refractivity contribution in [3.8, 4) is 0 Å². The first kappa shape index (κ1) is 16.1. The largest absolute Gasteiger partial charge is 0.392 e. The van der Waals surface area contributed by atoms with Gasteiger partial charge in [-0.15, -0.1) is 0 Å². The first-order chi connectivity index (χ1) is 8.96. The monoisotopic (exact) mass is 293 g/mol. The molecule has 0 aliphatic rings. The predicted molar refractivity (Wildman–Crippen MR) is 67.1 cm³/mol. The van der Waals surface area contributed by atoms with Crippen LogP contribution >= 0.6 is 0 Å². The Balaban J connectivity index is 2.81. The van der Waals surface area contributed by atoms with Crippen molar-refractivity contribution >= 4 is 10.0 Å². The molecule has 0 saturated heterocycles. The van der Waals surface area contributed by atoms with Crippen molar-refractivity contribution in [2.24, 2.45) is 0 Å². The van der Waals surface area contributed by atoms with Gasteiger partial charge in [-0.2, -0.15) is 5.10 Å². The van der Waals surface area contributed by atoms with E-state index in [2.05, 4.69) is 14.9 Å². The van der Waals surface area contributed by atoms with E-state index in [-0.39, 0.29) is 23.7 Å². The molecule has 0 radical (unpaired) electrons. The van der Waals surface area contributed by atoms with Gasteiger partial charge in [0, 0.05) is 32.0 Å². The van der Waals surface area contributed by atoms with E-state index in [9.17, 15) is 8.42 Å². The number of rotatable bonds is 8. The summed E-state index contributed by atoms with van der Waals surface area (Å²) in [6.07, 6.45) is -0.391. The number of ether oxygens (including phenoxy) is 2. The van der Waals surface area contributed by atoms with Crippen molar-refractivity contribution in [1.82, 2.24) is 14.9 Å². The van der Waals surface area contributed by atoms with E-state index in [0.717, 1.165) is 0 Å². The van der Waals surface area contributed by atoms with Crippen LogP contribution in [0.4, 0.5) is 0 Å². The van der Waals surface area contributed by atoms with Gasteiger partial charge >= 0.3 is 0 Å². The molecule has 0 aromatic carbocycles. The van der Waals surface area contributed by atoms with Gasteiger partial charge in [-0.25, -0.2) is 13.1 Å². The smallest absolute Gasteiger partial charge is 0.260 e. The predicted octanol–water partition coefficient (Wildman–Crippen LogP) is -0.850. The normalized spacial score (nSPS) is 13.7. The fraction of sp³-hybridized carbons (Fsp3) is 0.700. The molecule has 1 unspecified atom stereocenters. The van der Waals surface area contributed by atoms with Gasteiger partial charge < -0.3 is 14.6 Å². The third-order valence-corrected chi connectivity index (χ3v) is 4.03. The van der Waals surface area contributed by atoms with E-state index >= 15 is 0 Å². The van der Waals surface area contributed by atoms with Crippen LogP contribution in [0.2, 0.25) is 0 Å². The Morgan fingerprint density at radius 1 is 1.47 bits per heavy atom. The molecule has 3 N–H and O–H groups in total. The quantitative estimate of drug-likeness (QED) is 0.575.